The van der Waals surface area contributed by atoms with E-state index in [1.54, 1.807) is 0 Å². The molecule has 2 atom stereocenters. The third-order valence-corrected chi connectivity index (χ3v) is 5.10. The van der Waals surface area contributed by atoms with Gasteiger partial charge >= 0.3 is 0 Å². The van der Waals surface area contributed by atoms with Crippen LogP contribution in [0.4, 0.5) is 0 Å². The number of likely N-dealkylation sites (N-methyl/N-ethyl adjacent to an activating group) is 1. The Labute approximate surface area is 124 Å². The normalized spacial score (nSPS) is 28.4. The lowest BCUT2D eigenvalue weighted by Crippen LogP contribution is -2.38. The molecule has 2 aliphatic rings. The molecule has 20 heavy (non-hydrogen) atoms. The summed E-state index contributed by atoms with van der Waals surface area (Å²) in [5, 5.41) is 0. The summed E-state index contributed by atoms with van der Waals surface area (Å²) in [6.07, 6.45) is 8.40. The summed E-state index contributed by atoms with van der Waals surface area (Å²) in [6.45, 7) is 8.07. The zero-order chi connectivity index (χ0) is 14.4. The molecule has 1 aliphatic heterocycles. The second-order valence-electron chi connectivity index (χ2n) is 6.90. The van der Waals surface area contributed by atoms with Gasteiger partial charge in [0.2, 0.25) is 0 Å². The Morgan fingerprint density at radius 1 is 1.30 bits per heavy atom. The van der Waals surface area contributed by atoms with Gasteiger partial charge in [-0.1, -0.05) is 19.8 Å². The van der Waals surface area contributed by atoms with Crippen LogP contribution in [0.25, 0.3) is 0 Å². The zero-order valence-corrected chi connectivity index (χ0v) is 13.4. The number of Topliss-reactive ketones (excluding diaryl/α,β-unsaturated/α-hetero) is 1. The fourth-order valence-corrected chi connectivity index (χ4v) is 3.83. The molecule has 0 bridgehead atoms. The number of hydrogen-bond donors (Lipinski definition) is 0. The Morgan fingerprint density at radius 3 is 2.75 bits per heavy atom. The highest BCUT2D eigenvalue weighted by Gasteiger charge is 2.28. The Kier molecular flexibility index (Phi) is 6.50. The summed E-state index contributed by atoms with van der Waals surface area (Å²) in [5.74, 6) is 1.63. The molecule has 0 aromatic heterocycles. The largest absolute Gasteiger partial charge is 0.304 e. The van der Waals surface area contributed by atoms with E-state index in [1.807, 2.05) is 0 Å². The molecule has 3 nitrogen and oxygen atoms in total. The number of hydrogen-bond acceptors (Lipinski definition) is 3. The van der Waals surface area contributed by atoms with Crippen LogP contribution in [0.5, 0.6) is 0 Å². The lowest BCUT2D eigenvalue weighted by molar-refractivity contribution is -0.126. The van der Waals surface area contributed by atoms with Crippen LogP contribution in [0, 0.1) is 11.8 Å². The molecule has 3 heteroatoms. The van der Waals surface area contributed by atoms with Gasteiger partial charge in [0, 0.05) is 32.0 Å². The van der Waals surface area contributed by atoms with Gasteiger partial charge in [-0.25, -0.2) is 0 Å². The quantitative estimate of drug-likeness (QED) is 0.716. The molecule has 0 N–H and O–H groups in total. The summed E-state index contributed by atoms with van der Waals surface area (Å²) >= 11 is 0. The SMILES string of the molecule is CCCC1CCC(=O)C(CN(C)CCN2CCCC2)C1. The van der Waals surface area contributed by atoms with Crippen LogP contribution in [0.1, 0.15) is 51.9 Å². The van der Waals surface area contributed by atoms with Gasteiger partial charge in [-0.2, -0.15) is 0 Å². The molecule has 1 saturated heterocycles. The van der Waals surface area contributed by atoms with E-state index in [4.69, 9.17) is 0 Å². The first-order chi connectivity index (χ1) is 9.69. The Balaban J connectivity index is 1.70. The second kappa shape index (κ2) is 8.14. The van der Waals surface area contributed by atoms with Gasteiger partial charge in [0.1, 0.15) is 5.78 Å². The van der Waals surface area contributed by atoms with Crippen molar-refractivity contribution in [3.05, 3.63) is 0 Å². The number of likely N-dealkylation sites (tertiary alicyclic amines) is 1. The van der Waals surface area contributed by atoms with Crippen LogP contribution in [0.3, 0.4) is 0 Å². The van der Waals surface area contributed by atoms with Gasteiger partial charge in [0.15, 0.2) is 0 Å². The average molecular weight is 280 g/mol. The molecule has 0 aromatic carbocycles. The predicted octanol–water partition coefficient (Wildman–Crippen LogP) is 2.80. The number of ketones is 1. The van der Waals surface area contributed by atoms with Crippen molar-refractivity contribution in [1.29, 1.82) is 0 Å². The Hall–Kier alpha value is -0.410. The summed E-state index contributed by atoms with van der Waals surface area (Å²) < 4.78 is 0. The van der Waals surface area contributed by atoms with E-state index in [0.717, 1.165) is 38.3 Å². The minimum atomic E-state index is 0.309. The van der Waals surface area contributed by atoms with Gasteiger partial charge < -0.3 is 9.80 Å². The van der Waals surface area contributed by atoms with E-state index in [2.05, 4.69) is 23.8 Å². The maximum absolute atomic E-state index is 12.1. The van der Waals surface area contributed by atoms with Crippen molar-refractivity contribution in [3.8, 4) is 0 Å². The van der Waals surface area contributed by atoms with Crippen LogP contribution in [-0.4, -0.2) is 55.4 Å². The molecular weight excluding hydrogens is 248 g/mol. The topological polar surface area (TPSA) is 23.6 Å². The lowest BCUT2D eigenvalue weighted by Gasteiger charge is -2.31. The molecule has 0 radical (unpaired) electrons. The van der Waals surface area contributed by atoms with Crippen molar-refractivity contribution < 1.29 is 4.79 Å². The van der Waals surface area contributed by atoms with Crippen LogP contribution >= 0.6 is 0 Å². The number of rotatable bonds is 7. The smallest absolute Gasteiger partial charge is 0.137 e. The van der Waals surface area contributed by atoms with Crippen molar-refractivity contribution in [1.82, 2.24) is 9.80 Å². The van der Waals surface area contributed by atoms with Crippen LogP contribution in [0.15, 0.2) is 0 Å². The number of nitrogens with zero attached hydrogens (tertiary/aromatic N) is 2. The molecule has 1 heterocycles. The van der Waals surface area contributed by atoms with Crippen molar-refractivity contribution in [3.63, 3.8) is 0 Å². The summed E-state index contributed by atoms with van der Waals surface area (Å²) in [6, 6.07) is 0. The number of carbonyl (C=O) groups is 1. The fourth-order valence-electron chi connectivity index (χ4n) is 3.83. The monoisotopic (exact) mass is 280 g/mol. The molecular formula is C17H32N2O. The van der Waals surface area contributed by atoms with E-state index < -0.39 is 0 Å². The zero-order valence-electron chi connectivity index (χ0n) is 13.4. The highest BCUT2D eigenvalue weighted by Crippen LogP contribution is 2.30. The van der Waals surface area contributed by atoms with Crippen molar-refractivity contribution in [2.24, 2.45) is 11.8 Å². The molecule has 0 spiro atoms. The van der Waals surface area contributed by atoms with E-state index in [9.17, 15) is 4.79 Å². The molecule has 0 amide bonds. The van der Waals surface area contributed by atoms with Crippen LogP contribution in [0.2, 0.25) is 0 Å². The van der Waals surface area contributed by atoms with Gasteiger partial charge in [-0.3, -0.25) is 4.79 Å². The van der Waals surface area contributed by atoms with Gasteiger partial charge in [-0.15, -0.1) is 0 Å². The van der Waals surface area contributed by atoms with E-state index >= 15 is 0 Å². The standard InChI is InChI=1S/C17H32N2O/c1-3-6-15-7-8-17(20)16(13-15)14-18(2)11-12-19-9-4-5-10-19/h15-16H,3-14H2,1-2H3. The summed E-state index contributed by atoms with van der Waals surface area (Å²) in [5.41, 5.74) is 0. The van der Waals surface area contributed by atoms with Crippen LogP contribution in [-0.2, 0) is 4.79 Å². The summed E-state index contributed by atoms with van der Waals surface area (Å²) in [7, 11) is 2.19. The van der Waals surface area contributed by atoms with E-state index in [0.29, 0.717) is 11.7 Å². The summed E-state index contributed by atoms with van der Waals surface area (Å²) in [4.78, 5) is 17.0. The highest BCUT2D eigenvalue weighted by molar-refractivity contribution is 5.81. The van der Waals surface area contributed by atoms with Gasteiger partial charge in [0.25, 0.3) is 0 Å². The minimum absolute atomic E-state index is 0.309. The molecule has 116 valence electrons. The third kappa shape index (κ3) is 4.85. The molecule has 2 fully saturated rings. The highest BCUT2D eigenvalue weighted by atomic mass is 16.1. The van der Waals surface area contributed by atoms with Gasteiger partial charge in [0.05, 0.1) is 0 Å². The molecule has 2 rings (SSSR count). The predicted molar refractivity (Wildman–Crippen MR) is 83.9 cm³/mol. The lowest BCUT2D eigenvalue weighted by atomic mass is 9.78. The second-order valence-corrected chi connectivity index (χ2v) is 6.90. The molecule has 2 unspecified atom stereocenters. The van der Waals surface area contributed by atoms with E-state index in [1.165, 1.54) is 45.3 Å². The van der Waals surface area contributed by atoms with Gasteiger partial charge in [-0.05, 0) is 51.7 Å². The third-order valence-electron chi connectivity index (χ3n) is 5.10. The maximum Gasteiger partial charge on any atom is 0.137 e. The molecule has 1 aliphatic carbocycles. The Morgan fingerprint density at radius 2 is 2.05 bits per heavy atom. The fraction of sp³-hybridized carbons (Fsp3) is 0.941. The van der Waals surface area contributed by atoms with Crippen molar-refractivity contribution in [2.75, 3.05) is 39.8 Å². The van der Waals surface area contributed by atoms with Crippen molar-refractivity contribution >= 4 is 5.78 Å². The average Bonchev–Trinajstić information content (AvgIpc) is 2.94. The maximum atomic E-state index is 12.1. The minimum Gasteiger partial charge on any atom is -0.304 e. The first kappa shape index (κ1) is 16.0. The van der Waals surface area contributed by atoms with E-state index in [-0.39, 0.29) is 0 Å². The molecule has 1 saturated carbocycles. The molecule has 0 aromatic rings. The van der Waals surface area contributed by atoms with Crippen LogP contribution < -0.4 is 0 Å². The first-order valence-corrected chi connectivity index (χ1v) is 8.62. The first-order valence-electron chi connectivity index (χ1n) is 8.62. The Bertz CT molecular complexity index is 299. The number of carbonyl (C=O) groups excluding carboxylic acids is 1. The van der Waals surface area contributed by atoms with Crippen molar-refractivity contribution in [2.45, 2.75) is 51.9 Å².